The summed E-state index contributed by atoms with van der Waals surface area (Å²) >= 11 is 0. The Morgan fingerprint density at radius 3 is 2.64 bits per heavy atom. The van der Waals surface area contributed by atoms with Crippen LogP contribution in [0.1, 0.15) is 24.0 Å². The lowest BCUT2D eigenvalue weighted by Gasteiger charge is -2.34. The van der Waals surface area contributed by atoms with E-state index in [0.29, 0.717) is 12.1 Å². The molecule has 76 valence electrons. The topological polar surface area (TPSA) is 38.0 Å². The van der Waals surface area contributed by atoms with Crippen LogP contribution in [0.15, 0.2) is 18.2 Å². The molecule has 1 saturated carbocycles. The van der Waals surface area contributed by atoms with Gasteiger partial charge < -0.3 is 11.1 Å². The third-order valence-electron chi connectivity index (χ3n) is 3.14. The van der Waals surface area contributed by atoms with Crippen molar-refractivity contribution in [3.63, 3.8) is 0 Å². The summed E-state index contributed by atoms with van der Waals surface area (Å²) in [7, 11) is 0. The zero-order chi connectivity index (χ0) is 10.1. The van der Waals surface area contributed by atoms with Crippen LogP contribution in [-0.4, -0.2) is 12.1 Å². The van der Waals surface area contributed by atoms with Gasteiger partial charge in [0.15, 0.2) is 0 Å². The minimum absolute atomic E-state index is 0.414. The second-order valence-corrected chi connectivity index (χ2v) is 4.32. The van der Waals surface area contributed by atoms with Crippen LogP contribution in [0.25, 0.3) is 0 Å². The highest BCUT2D eigenvalue weighted by Gasteiger charge is 2.25. The molecule has 0 unspecified atom stereocenters. The maximum Gasteiger partial charge on any atom is 0.0374 e. The first kappa shape index (κ1) is 9.53. The Bertz CT molecular complexity index is 327. The maximum absolute atomic E-state index is 5.75. The second-order valence-electron chi connectivity index (χ2n) is 4.32. The van der Waals surface area contributed by atoms with E-state index >= 15 is 0 Å². The average molecular weight is 190 g/mol. The van der Waals surface area contributed by atoms with Crippen molar-refractivity contribution >= 4 is 5.69 Å². The van der Waals surface area contributed by atoms with E-state index in [-0.39, 0.29) is 0 Å². The van der Waals surface area contributed by atoms with Gasteiger partial charge in [-0.1, -0.05) is 12.1 Å². The lowest BCUT2D eigenvalue weighted by atomic mass is 9.87. The largest absolute Gasteiger partial charge is 0.382 e. The zero-order valence-corrected chi connectivity index (χ0v) is 8.88. The van der Waals surface area contributed by atoms with Gasteiger partial charge >= 0.3 is 0 Å². The third kappa shape index (κ3) is 1.75. The van der Waals surface area contributed by atoms with Gasteiger partial charge in [0.1, 0.15) is 0 Å². The van der Waals surface area contributed by atoms with Crippen LogP contribution in [-0.2, 0) is 0 Å². The van der Waals surface area contributed by atoms with E-state index in [4.69, 9.17) is 5.73 Å². The molecule has 1 aliphatic carbocycles. The van der Waals surface area contributed by atoms with Crippen molar-refractivity contribution in [3.05, 3.63) is 29.3 Å². The first-order valence-corrected chi connectivity index (χ1v) is 5.25. The molecule has 0 aromatic heterocycles. The highest BCUT2D eigenvalue weighted by Crippen LogP contribution is 2.25. The molecule has 1 aromatic rings. The lowest BCUT2D eigenvalue weighted by Crippen LogP contribution is -2.44. The summed E-state index contributed by atoms with van der Waals surface area (Å²) in [6, 6.07) is 7.39. The Labute approximate surface area is 85.5 Å². The van der Waals surface area contributed by atoms with Gasteiger partial charge in [-0.3, -0.25) is 0 Å². The fraction of sp³-hybridized carbons (Fsp3) is 0.500. The Hall–Kier alpha value is -1.02. The maximum atomic E-state index is 5.75. The van der Waals surface area contributed by atoms with E-state index < -0.39 is 0 Å². The first-order chi connectivity index (χ1) is 6.66. The number of hydrogen-bond acceptors (Lipinski definition) is 2. The summed E-state index contributed by atoms with van der Waals surface area (Å²) in [5.74, 6) is 0. The molecule has 1 fully saturated rings. The van der Waals surface area contributed by atoms with Crippen LogP contribution in [0.5, 0.6) is 0 Å². The summed E-state index contributed by atoms with van der Waals surface area (Å²) in [4.78, 5) is 0. The molecule has 0 bridgehead atoms. The molecule has 1 aromatic carbocycles. The van der Waals surface area contributed by atoms with E-state index in [1.165, 1.54) is 16.8 Å². The third-order valence-corrected chi connectivity index (χ3v) is 3.14. The van der Waals surface area contributed by atoms with E-state index in [2.05, 4.69) is 37.4 Å². The van der Waals surface area contributed by atoms with Gasteiger partial charge in [-0.15, -0.1) is 0 Å². The van der Waals surface area contributed by atoms with Crippen molar-refractivity contribution in [3.8, 4) is 0 Å². The molecule has 0 spiro atoms. The van der Waals surface area contributed by atoms with E-state index in [0.717, 1.165) is 12.8 Å². The van der Waals surface area contributed by atoms with Crippen molar-refractivity contribution in [1.29, 1.82) is 0 Å². The summed E-state index contributed by atoms with van der Waals surface area (Å²) in [5, 5.41) is 3.54. The van der Waals surface area contributed by atoms with Crippen LogP contribution in [0.2, 0.25) is 0 Å². The minimum atomic E-state index is 0.414. The predicted octanol–water partition coefficient (Wildman–Crippen LogP) is 2.21. The molecule has 14 heavy (non-hydrogen) atoms. The fourth-order valence-corrected chi connectivity index (χ4v) is 1.91. The van der Waals surface area contributed by atoms with E-state index in [1.807, 2.05) is 0 Å². The molecule has 3 N–H and O–H groups in total. The van der Waals surface area contributed by atoms with E-state index in [9.17, 15) is 0 Å². The van der Waals surface area contributed by atoms with Crippen molar-refractivity contribution < 1.29 is 0 Å². The van der Waals surface area contributed by atoms with Crippen LogP contribution < -0.4 is 11.1 Å². The van der Waals surface area contributed by atoms with Crippen molar-refractivity contribution in [2.24, 2.45) is 5.73 Å². The van der Waals surface area contributed by atoms with Crippen molar-refractivity contribution in [1.82, 2.24) is 0 Å². The van der Waals surface area contributed by atoms with Gasteiger partial charge in [-0.05, 0) is 43.9 Å². The Morgan fingerprint density at radius 2 is 2.00 bits per heavy atom. The average Bonchev–Trinajstić information content (AvgIpc) is 2.10. The van der Waals surface area contributed by atoms with Crippen molar-refractivity contribution in [2.45, 2.75) is 38.8 Å². The number of rotatable bonds is 2. The number of aryl methyl sites for hydroxylation is 1. The van der Waals surface area contributed by atoms with E-state index in [1.54, 1.807) is 0 Å². The van der Waals surface area contributed by atoms with Gasteiger partial charge in [0.2, 0.25) is 0 Å². The number of benzene rings is 1. The number of anilines is 1. The molecule has 2 rings (SSSR count). The first-order valence-electron chi connectivity index (χ1n) is 5.25. The normalized spacial score (nSPS) is 25.6. The summed E-state index contributed by atoms with van der Waals surface area (Å²) in [6.07, 6.45) is 2.21. The highest BCUT2D eigenvalue weighted by molar-refractivity contribution is 5.54. The number of hydrogen-bond donors (Lipinski definition) is 2. The number of nitrogens with one attached hydrogen (secondary N) is 1. The highest BCUT2D eigenvalue weighted by atomic mass is 15.0. The minimum Gasteiger partial charge on any atom is -0.382 e. The smallest absolute Gasteiger partial charge is 0.0374 e. The Kier molecular flexibility index (Phi) is 2.46. The Balaban J connectivity index is 2.06. The van der Waals surface area contributed by atoms with Gasteiger partial charge in [0.05, 0.1) is 0 Å². The number of nitrogens with two attached hydrogens (primary N) is 1. The second kappa shape index (κ2) is 3.62. The molecular formula is C12H18N2. The van der Waals surface area contributed by atoms with Crippen LogP contribution >= 0.6 is 0 Å². The van der Waals surface area contributed by atoms with Crippen LogP contribution in [0, 0.1) is 13.8 Å². The van der Waals surface area contributed by atoms with Gasteiger partial charge in [-0.25, -0.2) is 0 Å². The fourth-order valence-electron chi connectivity index (χ4n) is 1.91. The van der Waals surface area contributed by atoms with Gasteiger partial charge in [-0.2, -0.15) is 0 Å². The molecule has 2 heteroatoms. The van der Waals surface area contributed by atoms with Crippen LogP contribution in [0.4, 0.5) is 5.69 Å². The molecule has 0 aliphatic heterocycles. The van der Waals surface area contributed by atoms with Crippen molar-refractivity contribution in [2.75, 3.05) is 5.32 Å². The quantitative estimate of drug-likeness (QED) is 0.750. The molecule has 0 radical (unpaired) electrons. The molecule has 2 nitrogen and oxygen atoms in total. The molecule has 0 heterocycles. The molecular weight excluding hydrogens is 172 g/mol. The predicted molar refractivity (Wildman–Crippen MR) is 60.5 cm³/mol. The molecule has 0 saturated heterocycles. The lowest BCUT2D eigenvalue weighted by molar-refractivity contribution is 0.373. The monoisotopic (exact) mass is 190 g/mol. The molecule has 0 atom stereocenters. The summed E-state index contributed by atoms with van der Waals surface area (Å²) in [5.41, 5.74) is 9.72. The molecule has 1 aliphatic rings. The summed E-state index contributed by atoms with van der Waals surface area (Å²) in [6.45, 7) is 4.31. The van der Waals surface area contributed by atoms with Crippen LogP contribution in [0.3, 0.4) is 0 Å². The van der Waals surface area contributed by atoms with Gasteiger partial charge in [0.25, 0.3) is 0 Å². The Morgan fingerprint density at radius 1 is 1.29 bits per heavy atom. The summed E-state index contributed by atoms with van der Waals surface area (Å²) < 4.78 is 0. The molecule has 0 amide bonds. The van der Waals surface area contributed by atoms with Gasteiger partial charge in [0, 0.05) is 17.8 Å². The standard InChI is InChI=1S/C12H18N2/c1-8-4-3-5-12(9(8)2)14-11-6-10(13)7-11/h3-5,10-11,14H,6-7,13H2,1-2H3. The SMILES string of the molecule is Cc1cccc(NC2CC(N)C2)c1C. The zero-order valence-electron chi connectivity index (χ0n) is 8.88.